The highest BCUT2D eigenvalue weighted by molar-refractivity contribution is 5.34. The zero-order valence-corrected chi connectivity index (χ0v) is 8.46. The van der Waals surface area contributed by atoms with Gasteiger partial charge in [0.1, 0.15) is 5.54 Å². The highest BCUT2D eigenvalue weighted by Gasteiger charge is 2.22. The van der Waals surface area contributed by atoms with E-state index >= 15 is 0 Å². The van der Waals surface area contributed by atoms with Gasteiger partial charge in [-0.2, -0.15) is 0 Å². The molecule has 0 aliphatic rings. The second-order valence-electron chi connectivity index (χ2n) is 3.20. The number of hydrogen-bond acceptors (Lipinski definition) is 2. The van der Waals surface area contributed by atoms with Crippen LogP contribution in [0.15, 0.2) is 30.3 Å². The van der Waals surface area contributed by atoms with Gasteiger partial charge in [-0.3, -0.25) is 0 Å². The van der Waals surface area contributed by atoms with Gasteiger partial charge in [-0.05, 0) is 5.56 Å². The van der Waals surface area contributed by atoms with Crippen LogP contribution in [0, 0.1) is 11.8 Å². The Morgan fingerprint density at radius 1 is 1.29 bits per heavy atom. The summed E-state index contributed by atoms with van der Waals surface area (Å²) in [7, 11) is 0. The number of benzene rings is 1. The molecule has 2 nitrogen and oxygen atoms in total. The monoisotopic (exact) mass is 188 g/mol. The van der Waals surface area contributed by atoms with Gasteiger partial charge in [0.05, 0.1) is 0 Å². The summed E-state index contributed by atoms with van der Waals surface area (Å²) >= 11 is 0. The van der Waals surface area contributed by atoms with E-state index in [1.807, 2.05) is 37.3 Å². The van der Waals surface area contributed by atoms with Crippen LogP contribution in [0.5, 0.6) is 0 Å². The lowest BCUT2D eigenvalue weighted by molar-refractivity contribution is 0.597. The van der Waals surface area contributed by atoms with Crippen LogP contribution < -0.4 is 11.5 Å². The predicted molar refractivity (Wildman–Crippen MR) is 59.4 cm³/mol. The second-order valence-corrected chi connectivity index (χ2v) is 3.20. The van der Waals surface area contributed by atoms with Gasteiger partial charge in [0.25, 0.3) is 0 Å². The van der Waals surface area contributed by atoms with E-state index in [-0.39, 0.29) is 0 Å². The predicted octanol–water partition coefficient (Wildman–Crippen LogP) is 1.21. The van der Waals surface area contributed by atoms with Crippen molar-refractivity contribution in [3.05, 3.63) is 35.9 Å². The Morgan fingerprint density at radius 3 is 2.43 bits per heavy atom. The Kier molecular flexibility index (Phi) is 3.70. The molecule has 0 bridgehead atoms. The maximum absolute atomic E-state index is 6.11. The second kappa shape index (κ2) is 4.80. The first kappa shape index (κ1) is 10.8. The molecular formula is C12H16N2. The van der Waals surface area contributed by atoms with Crippen molar-refractivity contribution in [2.24, 2.45) is 11.5 Å². The van der Waals surface area contributed by atoms with Gasteiger partial charge < -0.3 is 11.5 Å². The molecule has 74 valence electrons. The van der Waals surface area contributed by atoms with Gasteiger partial charge in [0, 0.05) is 13.0 Å². The molecule has 14 heavy (non-hydrogen) atoms. The molecule has 0 saturated heterocycles. The van der Waals surface area contributed by atoms with Crippen molar-refractivity contribution in [1.82, 2.24) is 0 Å². The van der Waals surface area contributed by atoms with Crippen molar-refractivity contribution >= 4 is 0 Å². The Bertz CT molecular complexity index is 334. The molecule has 0 amide bonds. The summed E-state index contributed by atoms with van der Waals surface area (Å²) in [5.41, 5.74) is 12.0. The molecule has 2 heteroatoms. The Balaban J connectivity index is 3.02. The van der Waals surface area contributed by atoms with Crippen molar-refractivity contribution < 1.29 is 0 Å². The van der Waals surface area contributed by atoms with E-state index in [2.05, 4.69) is 11.8 Å². The summed E-state index contributed by atoms with van der Waals surface area (Å²) < 4.78 is 0. The quantitative estimate of drug-likeness (QED) is 0.685. The van der Waals surface area contributed by atoms with Crippen molar-refractivity contribution in [2.45, 2.75) is 18.9 Å². The van der Waals surface area contributed by atoms with Crippen molar-refractivity contribution in [2.75, 3.05) is 6.54 Å². The maximum atomic E-state index is 6.11. The van der Waals surface area contributed by atoms with E-state index < -0.39 is 5.54 Å². The van der Waals surface area contributed by atoms with Crippen LogP contribution in [0.25, 0.3) is 0 Å². The normalized spacial score (nSPS) is 13.9. The molecule has 0 heterocycles. The van der Waals surface area contributed by atoms with E-state index in [0.29, 0.717) is 6.54 Å². The van der Waals surface area contributed by atoms with Gasteiger partial charge in [0.2, 0.25) is 0 Å². The zero-order chi connectivity index (χ0) is 10.4. The molecule has 0 saturated carbocycles. The molecule has 4 N–H and O–H groups in total. The van der Waals surface area contributed by atoms with Crippen LogP contribution in [0.3, 0.4) is 0 Å². The number of nitrogens with two attached hydrogens (primary N) is 2. The highest BCUT2D eigenvalue weighted by Crippen LogP contribution is 2.15. The third-order valence-electron chi connectivity index (χ3n) is 2.10. The average molecular weight is 188 g/mol. The number of hydrogen-bond donors (Lipinski definition) is 2. The largest absolute Gasteiger partial charge is 0.328 e. The topological polar surface area (TPSA) is 52.0 Å². The van der Waals surface area contributed by atoms with Gasteiger partial charge in [-0.15, -0.1) is 5.92 Å². The van der Waals surface area contributed by atoms with Gasteiger partial charge >= 0.3 is 0 Å². The maximum Gasteiger partial charge on any atom is 0.115 e. The van der Waals surface area contributed by atoms with E-state index in [9.17, 15) is 0 Å². The summed E-state index contributed by atoms with van der Waals surface area (Å²) in [6.07, 6.45) is 0.797. The van der Waals surface area contributed by atoms with Crippen LogP contribution in [0.2, 0.25) is 0 Å². The van der Waals surface area contributed by atoms with E-state index in [0.717, 1.165) is 12.0 Å². The van der Waals surface area contributed by atoms with Crippen LogP contribution in [0.4, 0.5) is 0 Å². The molecule has 0 aromatic heterocycles. The summed E-state index contributed by atoms with van der Waals surface area (Å²) in [6, 6.07) is 9.75. The first-order valence-corrected chi connectivity index (χ1v) is 4.77. The molecule has 0 aliphatic carbocycles. The lowest BCUT2D eigenvalue weighted by Crippen LogP contribution is -2.42. The van der Waals surface area contributed by atoms with Gasteiger partial charge in [-0.25, -0.2) is 0 Å². The molecule has 0 aliphatic heterocycles. The fraction of sp³-hybridized carbons (Fsp3) is 0.333. The molecule has 1 unspecified atom stereocenters. The molecule has 0 spiro atoms. The van der Waals surface area contributed by atoms with E-state index in [1.165, 1.54) is 0 Å². The Hall–Kier alpha value is -1.30. The smallest absolute Gasteiger partial charge is 0.115 e. The minimum Gasteiger partial charge on any atom is -0.328 e. The molecule has 1 aromatic rings. The SMILES string of the molecule is CCC#CC(N)(CN)c1ccccc1. The molecule has 1 atom stereocenters. The van der Waals surface area contributed by atoms with Crippen LogP contribution in [-0.4, -0.2) is 6.54 Å². The standard InChI is InChI=1S/C12H16N2/c1-2-3-9-12(14,10-13)11-7-5-4-6-8-11/h4-8H,2,10,13-14H2,1H3. The minimum atomic E-state index is -0.697. The average Bonchev–Trinajstić information content (AvgIpc) is 2.27. The fourth-order valence-corrected chi connectivity index (χ4v) is 1.22. The molecule has 1 aromatic carbocycles. The lowest BCUT2D eigenvalue weighted by atomic mass is 9.92. The van der Waals surface area contributed by atoms with Crippen LogP contribution >= 0.6 is 0 Å². The van der Waals surface area contributed by atoms with E-state index in [1.54, 1.807) is 0 Å². The zero-order valence-electron chi connectivity index (χ0n) is 8.46. The summed E-state index contributed by atoms with van der Waals surface area (Å²) in [6.45, 7) is 2.33. The van der Waals surface area contributed by atoms with Gasteiger partial charge in [-0.1, -0.05) is 43.2 Å². The lowest BCUT2D eigenvalue weighted by Gasteiger charge is -2.21. The van der Waals surface area contributed by atoms with Gasteiger partial charge in [0.15, 0.2) is 0 Å². The van der Waals surface area contributed by atoms with Crippen LogP contribution in [-0.2, 0) is 5.54 Å². The first-order valence-electron chi connectivity index (χ1n) is 4.77. The highest BCUT2D eigenvalue weighted by atomic mass is 14.8. The van der Waals surface area contributed by atoms with Crippen molar-refractivity contribution in [1.29, 1.82) is 0 Å². The minimum absolute atomic E-state index is 0.337. The number of rotatable bonds is 2. The molecular weight excluding hydrogens is 172 g/mol. The fourth-order valence-electron chi connectivity index (χ4n) is 1.22. The van der Waals surface area contributed by atoms with Crippen molar-refractivity contribution in [3.63, 3.8) is 0 Å². The van der Waals surface area contributed by atoms with Crippen molar-refractivity contribution in [3.8, 4) is 11.8 Å². The molecule has 0 fully saturated rings. The van der Waals surface area contributed by atoms with E-state index in [4.69, 9.17) is 11.5 Å². The third kappa shape index (κ3) is 2.35. The summed E-state index contributed by atoms with van der Waals surface area (Å²) in [4.78, 5) is 0. The summed E-state index contributed by atoms with van der Waals surface area (Å²) in [5.74, 6) is 6.00. The first-order chi connectivity index (χ1) is 6.73. The molecule has 0 radical (unpaired) electrons. The van der Waals surface area contributed by atoms with Crippen LogP contribution in [0.1, 0.15) is 18.9 Å². The molecule has 1 rings (SSSR count). The third-order valence-corrected chi connectivity index (χ3v) is 2.10. The summed E-state index contributed by atoms with van der Waals surface area (Å²) in [5, 5.41) is 0. The Morgan fingerprint density at radius 2 is 1.93 bits per heavy atom. The Labute approximate surface area is 85.3 Å².